The molecule has 3 rings (SSSR count). The lowest BCUT2D eigenvalue weighted by molar-refractivity contribution is -0.143. The summed E-state index contributed by atoms with van der Waals surface area (Å²) in [5.41, 5.74) is 0.402. The molecule has 8 heteroatoms. The number of halogens is 1. The standard InChI is InChI=1S/C20H16FNO6/c1-11(23)22-16-9-13(21)6-7-15(16)18(20(22)26)19(25)12-4-3-5-14(8-12)28-10-17(24)27-2/h3-9,25H,10H2,1-2H3. The quantitative estimate of drug-likeness (QED) is 0.494. The average Bonchev–Trinajstić information content (AvgIpc) is 2.96. The first-order valence-electron chi connectivity index (χ1n) is 8.21. The van der Waals surface area contributed by atoms with Crippen molar-refractivity contribution >= 4 is 34.8 Å². The normalized spacial score (nSPS) is 14.5. The van der Waals surface area contributed by atoms with Gasteiger partial charge < -0.3 is 14.6 Å². The molecule has 0 aromatic heterocycles. The molecule has 1 heterocycles. The number of hydrogen-bond donors (Lipinski definition) is 1. The van der Waals surface area contributed by atoms with E-state index in [1.54, 1.807) is 12.1 Å². The van der Waals surface area contributed by atoms with Crippen LogP contribution in [0.1, 0.15) is 18.1 Å². The minimum atomic E-state index is -0.758. The fraction of sp³-hybridized carbons (Fsp3) is 0.150. The second-order valence-corrected chi connectivity index (χ2v) is 5.94. The van der Waals surface area contributed by atoms with Gasteiger partial charge in [-0.3, -0.25) is 9.59 Å². The Bertz CT molecular complexity index is 1010. The number of imide groups is 1. The zero-order valence-corrected chi connectivity index (χ0v) is 15.1. The summed E-state index contributed by atoms with van der Waals surface area (Å²) < 4.78 is 23.4. The molecular formula is C20H16FNO6. The third-order valence-electron chi connectivity index (χ3n) is 4.13. The summed E-state index contributed by atoms with van der Waals surface area (Å²) in [6, 6.07) is 9.61. The first kappa shape index (κ1) is 19.1. The predicted molar refractivity (Wildman–Crippen MR) is 98.0 cm³/mol. The molecule has 0 aliphatic carbocycles. The molecule has 0 saturated carbocycles. The van der Waals surface area contributed by atoms with Crippen molar-refractivity contribution in [2.75, 3.05) is 18.6 Å². The summed E-state index contributed by atoms with van der Waals surface area (Å²) in [5, 5.41) is 10.7. The topological polar surface area (TPSA) is 93.1 Å². The number of fused-ring (bicyclic) bond motifs is 1. The van der Waals surface area contributed by atoms with Crippen LogP contribution >= 0.6 is 0 Å². The largest absolute Gasteiger partial charge is 0.506 e. The van der Waals surface area contributed by atoms with Crippen molar-refractivity contribution in [2.24, 2.45) is 0 Å². The van der Waals surface area contributed by atoms with Gasteiger partial charge in [-0.15, -0.1) is 0 Å². The van der Waals surface area contributed by atoms with Gasteiger partial charge in [0, 0.05) is 18.1 Å². The van der Waals surface area contributed by atoms with Gasteiger partial charge in [-0.1, -0.05) is 12.1 Å². The third kappa shape index (κ3) is 3.44. The van der Waals surface area contributed by atoms with Crippen LogP contribution in [0.3, 0.4) is 0 Å². The Morgan fingerprint density at radius 1 is 1.18 bits per heavy atom. The lowest BCUT2D eigenvalue weighted by Crippen LogP contribution is -2.31. The van der Waals surface area contributed by atoms with Crippen molar-refractivity contribution in [3.05, 3.63) is 59.4 Å². The predicted octanol–water partition coefficient (Wildman–Crippen LogP) is 2.70. The van der Waals surface area contributed by atoms with E-state index in [-0.39, 0.29) is 34.7 Å². The lowest BCUT2D eigenvalue weighted by atomic mass is 10.0. The number of amides is 2. The molecule has 2 aromatic rings. The smallest absolute Gasteiger partial charge is 0.343 e. The van der Waals surface area contributed by atoms with Crippen LogP contribution in [0, 0.1) is 5.82 Å². The number of anilines is 1. The Balaban J connectivity index is 2.05. The van der Waals surface area contributed by atoms with E-state index < -0.39 is 29.4 Å². The Hall–Kier alpha value is -3.68. The molecule has 0 bridgehead atoms. The summed E-state index contributed by atoms with van der Waals surface area (Å²) in [5.74, 6) is -2.68. The molecule has 7 nitrogen and oxygen atoms in total. The van der Waals surface area contributed by atoms with Crippen molar-refractivity contribution in [2.45, 2.75) is 6.92 Å². The van der Waals surface area contributed by atoms with Crippen molar-refractivity contribution in [1.82, 2.24) is 0 Å². The maximum atomic E-state index is 13.6. The molecule has 1 N–H and O–H groups in total. The molecule has 0 spiro atoms. The van der Waals surface area contributed by atoms with Crippen LogP contribution in [-0.4, -0.2) is 36.6 Å². The van der Waals surface area contributed by atoms with Crippen LogP contribution in [0.4, 0.5) is 10.1 Å². The molecule has 1 aliphatic rings. The van der Waals surface area contributed by atoms with E-state index in [1.165, 1.54) is 32.2 Å². The number of hydrogen-bond acceptors (Lipinski definition) is 6. The highest BCUT2D eigenvalue weighted by atomic mass is 19.1. The van der Waals surface area contributed by atoms with E-state index in [2.05, 4.69) is 4.74 Å². The first-order valence-corrected chi connectivity index (χ1v) is 8.21. The van der Waals surface area contributed by atoms with Crippen LogP contribution in [0.5, 0.6) is 5.75 Å². The van der Waals surface area contributed by atoms with Gasteiger partial charge in [0.05, 0.1) is 18.4 Å². The number of aliphatic hydroxyl groups is 1. The van der Waals surface area contributed by atoms with Crippen LogP contribution in [0.2, 0.25) is 0 Å². The van der Waals surface area contributed by atoms with Crippen LogP contribution in [-0.2, 0) is 19.1 Å². The number of carbonyl (C=O) groups excluding carboxylic acids is 3. The number of nitrogens with zero attached hydrogens (tertiary/aromatic N) is 1. The summed E-state index contributed by atoms with van der Waals surface area (Å²) in [6.45, 7) is 0.851. The van der Waals surface area contributed by atoms with Crippen molar-refractivity contribution < 1.29 is 33.4 Å². The molecule has 144 valence electrons. The van der Waals surface area contributed by atoms with E-state index in [4.69, 9.17) is 4.74 Å². The van der Waals surface area contributed by atoms with Gasteiger partial charge in [-0.25, -0.2) is 14.1 Å². The molecule has 2 amide bonds. The van der Waals surface area contributed by atoms with Crippen molar-refractivity contribution in [3.8, 4) is 5.75 Å². The number of esters is 1. The third-order valence-corrected chi connectivity index (χ3v) is 4.13. The van der Waals surface area contributed by atoms with Crippen LogP contribution < -0.4 is 9.64 Å². The summed E-state index contributed by atoms with van der Waals surface area (Å²) in [7, 11) is 1.23. The Morgan fingerprint density at radius 2 is 1.93 bits per heavy atom. The molecule has 2 aromatic carbocycles. The monoisotopic (exact) mass is 385 g/mol. The number of methoxy groups -OCH3 is 1. The minimum absolute atomic E-state index is 0.0668. The van der Waals surface area contributed by atoms with Gasteiger partial charge in [0.2, 0.25) is 5.91 Å². The Labute approximate surface area is 159 Å². The first-order chi connectivity index (χ1) is 13.3. The van der Waals surface area contributed by atoms with Gasteiger partial charge in [0.25, 0.3) is 5.91 Å². The number of benzene rings is 2. The Morgan fingerprint density at radius 3 is 2.61 bits per heavy atom. The van der Waals surface area contributed by atoms with E-state index in [0.29, 0.717) is 0 Å². The van der Waals surface area contributed by atoms with E-state index in [9.17, 15) is 23.9 Å². The molecular weight excluding hydrogens is 369 g/mol. The van der Waals surface area contributed by atoms with Crippen molar-refractivity contribution in [1.29, 1.82) is 0 Å². The SMILES string of the molecule is COC(=O)COc1cccc(C(O)=C2C(=O)N(C(C)=O)c3cc(F)ccc32)c1. The summed E-state index contributed by atoms with van der Waals surface area (Å²) in [6.07, 6.45) is 0. The zero-order valence-electron chi connectivity index (χ0n) is 15.1. The number of carbonyl (C=O) groups is 3. The van der Waals surface area contributed by atoms with E-state index in [0.717, 1.165) is 17.0 Å². The second kappa shape index (κ2) is 7.51. The molecule has 0 fully saturated rings. The lowest BCUT2D eigenvalue weighted by Gasteiger charge is -2.12. The highest BCUT2D eigenvalue weighted by Crippen LogP contribution is 2.40. The molecule has 0 atom stereocenters. The summed E-state index contributed by atoms with van der Waals surface area (Å²) in [4.78, 5) is 36.6. The molecule has 0 unspecified atom stereocenters. The van der Waals surface area contributed by atoms with Crippen LogP contribution in [0.25, 0.3) is 11.3 Å². The molecule has 0 saturated heterocycles. The maximum absolute atomic E-state index is 13.6. The number of aliphatic hydroxyl groups excluding tert-OH is 1. The molecule has 1 aliphatic heterocycles. The Kier molecular flexibility index (Phi) is 5.12. The van der Waals surface area contributed by atoms with Crippen molar-refractivity contribution in [3.63, 3.8) is 0 Å². The zero-order chi connectivity index (χ0) is 20.4. The molecule has 28 heavy (non-hydrogen) atoms. The highest BCUT2D eigenvalue weighted by molar-refractivity contribution is 6.42. The highest BCUT2D eigenvalue weighted by Gasteiger charge is 2.38. The maximum Gasteiger partial charge on any atom is 0.343 e. The second-order valence-electron chi connectivity index (χ2n) is 5.94. The fourth-order valence-electron chi connectivity index (χ4n) is 2.86. The van der Waals surface area contributed by atoms with E-state index in [1.807, 2.05) is 0 Å². The van der Waals surface area contributed by atoms with Gasteiger partial charge >= 0.3 is 5.97 Å². The number of ether oxygens (including phenoxy) is 2. The average molecular weight is 385 g/mol. The van der Waals surface area contributed by atoms with E-state index >= 15 is 0 Å². The van der Waals surface area contributed by atoms with Gasteiger partial charge in [0.15, 0.2) is 6.61 Å². The van der Waals surface area contributed by atoms with Gasteiger partial charge in [-0.2, -0.15) is 0 Å². The fourth-order valence-corrected chi connectivity index (χ4v) is 2.86. The van der Waals surface area contributed by atoms with Crippen LogP contribution in [0.15, 0.2) is 42.5 Å². The van der Waals surface area contributed by atoms with Gasteiger partial charge in [-0.05, 0) is 30.3 Å². The number of rotatable bonds is 4. The summed E-state index contributed by atoms with van der Waals surface area (Å²) >= 11 is 0. The van der Waals surface area contributed by atoms with Gasteiger partial charge in [0.1, 0.15) is 17.3 Å². The molecule has 0 radical (unpaired) electrons. The minimum Gasteiger partial charge on any atom is -0.506 e.